The van der Waals surface area contributed by atoms with Gasteiger partial charge in [0.1, 0.15) is 5.82 Å². The highest BCUT2D eigenvalue weighted by molar-refractivity contribution is 7.71. The summed E-state index contributed by atoms with van der Waals surface area (Å²) in [5.74, 6) is 0.502. The summed E-state index contributed by atoms with van der Waals surface area (Å²) in [5, 5.41) is 0. The van der Waals surface area contributed by atoms with Crippen molar-refractivity contribution in [2.75, 3.05) is 5.73 Å². The number of nitrogens with zero attached hydrogens (tertiary/aromatic N) is 1. The molecule has 0 spiro atoms. The highest BCUT2D eigenvalue weighted by atomic mass is 32.1. The molecule has 5 heteroatoms. The molecule has 10 heavy (non-hydrogen) atoms. The zero-order valence-electron chi connectivity index (χ0n) is 5.29. The number of aromatic amines is 1. The number of aromatic nitrogens is 2. The predicted molar refractivity (Wildman–Crippen MR) is 41.7 cm³/mol. The van der Waals surface area contributed by atoms with E-state index < -0.39 is 0 Å². The number of rotatable bonds is 1. The molecule has 1 rings (SSSR count). The Morgan fingerprint density at radius 1 is 1.70 bits per heavy atom. The fourth-order valence-corrected chi connectivity index (χ4v) is 0.759. The molecule has 5 N–H and O–H groups in total. The van der Waals surface area contributed by atoms with Crippen molar-refractivity contribution in [3.63, 3.8) is 0 Å². The minimum Gasteiger partial charge on any atom is -0.385 e. The minimum atomic E-state index is 0.380. The number of nitrogen functional groups attached to an aromatic ring is 1. The van der Waals surface area contributed by atoms with Crippen molar-refractivity contribution < 1.29 is 0 Å². The fraction of sp³-hybridized carbons (Fsp3) is 0.200. The third kappa shape index (κ3) is 1.31. The fourth-order valence-electron chi connectivity index (χ4n) is 0.597. The van der Waals surface area contributed by atoms with Crippen LogP contribution in [0, 0.1) is 4.77 Å². The van der Waals surface area contributed by atoms with E-state index >= 15 is 0 Å². The molecule has 0 fully saturated rings. The SMILES string of the molecule is NCc1cnc(=S)[nH]c1N. The van der Waals surface area contributed by atoms with Gasteiger partial charge in [-0.1, -0.05) is 0 Å². The average molecular weight is 156 g/mol. The van der Waals surface area contributed by atoms with E-state index in [0.717, 1.165) is 5.56 Å². The number of nitrogens with two attached hydrogens (primary N) is 2. The molecule has 0 aliphatic rings. The van der Waals surface area contributed by atoms with Crippen molar-refractivity contribution in [3.05, 3.63) is 16.5 Å². The van der Waals surface area contributed by atoms with Gasteiger partial charge in [0.15, 0.2) is 4.77 Å². The van der Waals surface area contributed by atoms with Crippen LogP contribution in [0.2, 0.25) is 0 Å². The van der Waals surface area contributed by atoms with Crippen LogP contribution in [0.25, 0.3) is 0 Å². The monoisotopic (exact) mass is 156 g/mol. The molecule has 0 aliphatic heterocycles. The minimum absolute atomic E-state index is 0.380. The molecule has 4 nitrogen and oxygen atoms in total. The lowest BCUT2D eigenvalue weighted by molar-refractivity contribution is 1.01. The van der Waals surface area contributed by atoms with E-state index in [0.29, 0.717) is 17.1 Å². The quantitative estimate of drug-likeness (QED) is 0.507. The Kier molecular flexibility index (Phi) is 1.98. The van der Waals surface area contributed by atoms with Gasteiger partial charge in [0.05, 0.1) is 0 Å². The Bertz CT molecular complexity index is 279. The van der Waals surface area contributed by atoms with E-state index in [1.54, 1.807) is 6.20 Å². The second kappa shape index (κ2) is 2.76. The zero-order valence-corrected chi connectivity index (χ0v) is 6.11. The number of H-pyrrole nitrogens is 1. The molecule has 54 valence electrons. The van der Waals surface area contributed by atoms with Crippen molar-refractivity contribution >= 4 is 18.0 Å². The lowest BCUT2D eigenvalue weighted by Gasteiger charge is -1.98. The van der Waals surface area contributed by atoms with Crippen LogP contribution in [0.5, 0.6) is 0 Å². The number of hydrogen-bond acceptors (Lipinski definition) is 4. The molecule has 0 amide bonds. The van der Waals surface area contributed by atoms with Crippen LogP contribution in [0.4, 0.5) is 5.82 Å². The summed E-state index contributed by atoms with van der Waals surface area (Å²) in [6.07, 6.45) is 1.58. The molecule has 0 bridgehead atoms. The number of nitrogens with one attached hydrogen (secondary N) is 1. The van der Waals surface area contributed by atoms with E-state index in [2.05, 4.69) is 9.97 Å². The lowest BCUT2D eigenvalue weighted by atomic mass is 10.3. The van der Waals surface area contributed by atoms with Gasteiger partial charge in [-0.05, 0) is 12.2 Å². The Morgan fingerprint density at radius 3 is 2.90 bits per heavy atom. The van der Waals surface area contributed by atoms with E-state index in [9.17, 15) is 0 Å². The summed E-state index contributed by atoms with van der Waals surface area (Å²) in [4.78, 5) is 6.50. The summed E-state index contributed by atoms with van der Waals surface area (Å²) in [6.45, 7) is 0.380. The molecule has 0 unspecified atom stereocenters. The van der Waals surface area contributed by atoms with Crippen molar-refractivity contribution in [1.82, 2.24) is 9.97 Å². The van der Waals surface area contributed by atoms with Gasteiger partial charge in [-0.3, -0.25) is 0 Å². The van der Waals surface area contributed by atoms with Crippen LogP contribution in [0.1, 0.15) is 5.56 Å². The van der Waals surface area contributed by atoms with Crippen LogP contribution in [0.3, 0.4) is 0 Å². The van der Waals surface area contributed by atoms with E-state index in [1.165, 1.54) is 0 Å². The Morgan fingerprint density at radius 2 is 2.40 bits per heavy atom. The third-order valence-electron chi connectivity index (χ3n) is 1.15. The summed E-state index contributed by atoms with van der Waals surface area (Å²) in [7, 11) is 0. The first-order valence-electron chi connectivity index (χ1n) is 2.78. The molecular formula is C5H8N4S. The van der Waals surface area contributed by atoms with Gasteiger partial charge in [0.2, 0.25) is 0 Å². The van der Waals surface area contributed by atoms with Crippen molar-refractivity contribution in [1.29, 1.82) is 0 Å². The second-order valence-electron chi connectivity index (χ2n) is 1.83. The molecule has 0 aromatic carbocycles. The van der Waals surface area contributed by atoms with Gasteiger partial charge in [-0.15, -0.1) is 0 Å². The zero-order chi connectivity index (χ0) is 7.56. The molecule has 0 aliphatic carbocycles. The Hall–Kier alpha value is -0.940. The predicted octanol–water partition coefficient (Wildman–Crippen LogP) is 0.180. The first-order chi connectivity index (χ1) is 4.74. The summed E-state index contributed by atoms with van der Waals surface area (Å²) in [5.41, 5.74) is 11.6. The molecule has 0 atom stereocenters. The van der Waals surface area contributed by atoms with Crippen molar-refractivity contribution in [2.24, 2.45) is 5.73 Å². The number of anilines is 1. The summed E-state index contributed by atoms with van der Waals surface area (Å²) < 4.78 is 0.384. The Balaban J connectivity index is 3.19. The maximum absolute atomic E-state index is 5.49. The Labute approximate surface area is 63.3 Å². The van der Waals surface area contributed by atoms with E-state index in [-0.39, 0.29) is 0 Å². The van der Waals surface area contributed by atoms with Crippen LogP contribution < -0.4 is 11.5 Å². The second-order valence-corrected chi connectivity index (χ2v) is 2.22. The molecule has 0 radical (unpaired) electrons. The molecule has 0 saturated heterocycles. The van der Waals surface area contributed by atoms with Gasteiger partial charge in [-0.25, -0.2) is 4.98 Å². The topological polar surface area (TPSA) is 80.7 Å². The van der Waals surface area contributed by atoms with Gasteiger partial charge >= 0.3 is 0 Å². The summed E-state index contributed by atoms with van der Waals surface area (Å²) >= 11 is 4.72. The molecule has 1 aromatic heterocycles. The molecule has 0 saturated carbocycles. The largest absolute Gasteiger partial charge is 0.385 e. The van der Waals surface area contributed by atoms with E-state index in [4.69, 9.17) is 23.7 Å². The first kappa shape index (κ1) is 7.17. The highest BCUT2D eigenvalue weighted by Gasteiger charge is 1.94. The van der Waals surface area contributed by atoms with Gasteiger partial charge in [0, 0.05) is 18.3 Å². The van der Waals surface area contributed by atoms with E-state index in [1.807, 2.05) is 0 Å². The van der Waals surface area contributed by atoms with Crippen molar-refractivity contribution in [3.8, 4) is 0 Å². The molecular weight excluding hydrogens is 148 g/mol. The van der Waals surface area contributed by atoms with Crippen molar-refractivity contribution in [2.45, 2.75) is 6.54 Å². The lowest BCUT2D eigenvalue weighted by Crippen LogP contribution is -2.04. The smallest absolute Gasteiger partial charge is 0.198 e. The van der Waals surface area contributed by atoms with Gasteiger partial charge in [0.25, 0.3) is 0 Å². The van der Waals surface area contributed by atoms with Crippen LogP contribution in [-0.2, 0) is 6.54 Å². The van der Waals surface area contributed by atoms with Crippen LogP contribution in [-0.4, -0.2) is 9.97 Å². The maximum Gasteiger partial charge on any atom is 0.198 e. The maximum atomic E-state index is 5.49. The van der Waals surface area contributed by atoms with Crippen LogP contribution >= 0.6 is 12.2 Å². The average Bonchev–Trinajstić information content (AvgIpc) is 1.88. The third-order valence-corrected chi connectivity index (χ3v) is 1.35. The number of hydrogen-bond donors (Lipinski definition) is 3. The van der Waals surface area contributed by atoms with Crippen LogP contribution in [0.15, 0.2) is 6.20 Å². The first-order valence-corrected chi connectivity index (χ1v) is 3.18. The molecule has 1 heterocycles. The van der Waals surface area contributed by atoms with Gasteiger partial charge in [-0.2, -0.15) is 0 Å². The highest BCUT2D eigenvalue weighted by Crippen LogP contribution is 2.02. The summed E-state index contributed by atoms with van der Waals surface area (Å²) in [6, 6.07) is 0. The normalized spacial score (nSPS) is 9.70. The van der Waals surface area contributed by atoms with Gasteiger partial charge < -0.3 is 16.5 Å². The molecule has 1 aromatic rings. The standard InChI is InChI=1S/C5H8N4S/c6-1-3-2-8-5(10)9-4(3)7/h2H,1,6H2,(H3,7,8,9,10).